The third kappa shape index (κ3) is 3.35. The van der Waals surface area contributed by atoms with E-state index in [-0.39, 0.29) is 19.4 Å². The molecule has 0 bridgehead atoms. The van der Waals surface area contributed by atoms with Crippen LogP contribution in [-0.4, -0.2) is 46.4 Å². The number of carbonyl (C=O) groups excluding carboxylic acids is 2. The fraction of sp³-hybridized carbons (Fsp3) is 0.600. The van der Waals surface area contributed by atoms with Crippen molar-refractivity contribution in [1.82, 2.24) is 4.90 Å². The Morgan fingerprint density at radius 3 is 2.45 bits per heavy atom. The second-order valence-electron chi connectivity index (χ2n) is 5.18. The van der Waals surface area contributed by atoms with Crippen molar-refractivity contribution in [1.29, 1.82) is 0 Å². The molecule has 0 unspecified atom stereocenters. The topological polar surface area (TPSA) is 89.8 Å². The molecule has 1 amide bonds. The lowest BCUT2D eigenvalue weighted by Gasteiger charge is -2.30. The van der Waals surface area contributed by atoms with Gasteiger partial charge >= 0.3 is 17.4 Å². The minimum absolute atomic E-state index is 0.114. The number of hydrogen-bond acceptors (Lipinski definition) is 5. The van der Waals surface area contributed by atoms with E-state index in [4.69, 9.17) is 4.74 Å². The summed E-state index contributed by atoms with van der Waals surface area (Å²) in [7, 11) is 0. The minimum atomic E-state index is -1.85. The number of nitro groups is 1. The Balaban J connectivity index is 3.11. The fourth-order valence-corrected chi connectivity index (χ4v) is 2.72. The van der Waals surface area contributed by atoms with Crippen LogP contribution in [-0.2, 0) is 14.3 Å². The number of rotatable bonds is 8. The molecule has 0 saturated carbocycles. The molecule has 0 spiro atoms. The van der Waals surface area contributed by atoms with Crippen molar-refractivity contribution < 1.29 is 19.2 Å². The molecule has 1 saturated heterocycles. The van der Waals surface area contributed by atoms with Crippen LogP contribution in [0, 0.1) is 10.1 Å². The zero-order chi connectivity index (χ0) is 16.8. The molecule has 7 heteroatoms. The molecule has 1 aliphatic rings. The quantitative estimate of drug-likeness (QED) is 0.295. The van der Waals surface area contributed by atoms with Gasteiger partial charge in [0.25, 0.3) is 0 Å². The monoisotopic (exact) mass is 310 g/mol. The Bertz CT molecular complexity index is 465. The number of ether oxygens (including phenoxy) is 1. The second kappa shape index (κ2) is 7.72. The van der Waals surface area contributed by atoms with Gasteiger partial charge in [0.1, 0.15) is 6.04 Å². The van der Waals surface area contributed by atoms with E-state index in [0.29, 0.717) is 19.4 Å². The Hall–Kier alpha value is -2.18. The maximum atomic E-state index is 12.8. The molecular weight excluding hydrogens is 288 g/mol. The molecule has 0 aromatic carbocycles. The van der Waals surface area contributed by atoms with Crippen LogP contribution in [0.15, 0.2) is 25.3 Å². The average Bonchev–Trinajstić information content (AvgIpc) is 2.95. The smallest absolute Gasteiger partial charge is 0.328 e. The summed E-state index contributed by atoms with van der Waals surface area (Å²) in [5.41, 5.74) is -1.85. The number of likely N-dealkylation sites (tertiary alicyclic amines) is 1. The first-order valence-corrected chi connectivity index (χ1v) is 7.28. The zero-order valence-electron chi connectivity index (χ0n) is 12.8. The average molecular weight is 310 g/mol. The van der Waals surface area contributed by atoms with Gasteiger partial charge in [-0.3, -0.25) is 14.9 Å². The van der Waals surface area contributed by atoms with Crippen molar-refractivity contribution in [3.05, 3.63) is 35.4 Å². The normalized spacial score (nSPS) is 17.9. The van der Waals surface area contributed by atoms with Crippen molar-refractivity contribution in [2.45, 2.75) is 44.2 Å². The third-order valence-electron chi connectivity index (χ3n) is 3.78. The molecule has 1 rings (SSSR count). The van der Waals surface area contributed by atoms with E-state index >= 15 is 0 Å². The minimum Gasteiger partial charge on any atom is -0.464 e. The summed E-state index contributed by atoms with van der Waals surface area (Å²) in [5.74, 6) is -1.18. The van der Waals surface area contributed by atoms with Crippen molar-refractivity contribution in [3.8, 4) is 0 Å². The molecule has 122 valence electrons. The van der Waals surface area contributed by atoms with Crippen LogP contribution in [0.2, 0.25) is 0 Å². The summed E-state index contributed by atoms with van der Waals surface area (Å²) in [5, 5.41) is 11.5. The van der Waals surface area contributed by atoms with E-state index < -0.39 is 28.4 Å². The summed E-state index contributed by atoms with van der Waals surface area (Å²) in [4.78, 5) is 37.0. The molecule has 1 heterocycles. The van der Waals surface area contributed by atoms with Gasteiger partial charge in [-0.15, -0.1) is 13.2 Å². The molecule has 0 aromatic heterocycles. The summed E-state index contributed by atoms with van der Waals surface area (Å²) in [6.45, 7) is 9.20. The lowest BCUT2D eigenvalue weighted by Crippen LogP contribution is -2.56. The number of hydrogen-bond donors (Lipinski definition) is 0. The summed E-state index contributed by atoms with van der Waals surface area (Å²) in [6, 6.07) is -0.749. The van der Waals surface area contributed by atoms with Gasteiger partial charge in [-0.05, 0) is 19.8 Å². The summed E-state index contributed by atoms with van der Waals surface area (Å²) < 4.78 is 4.96. The molecule has 7 nitrogen and oxygen atoms in total. The lowest BCUT2D eigenvalue weighted by atomic mass is 9.89. The van der Waals surface area contributed by atoms with Gasteiger partial charge in [0.15, 0.2) is 0 Å². The molecule has 0 N–H and O–H groups in total. The highest BCUT2D eigenvalue weighted by Crippen LogP contribution is 2.29. The molecule has 0 aliphatic carbocycles. The van der Waals surface area contributed by atoms with Gasteiger partial charge in [0.05, 0.1) is 6.61 Å². The predicted octanol–water partition coefficient (Wildman–Crippen LogP) is 1.71. The summed E-state index contributed by atoms with van der Waals surface area (Å²) in [6.07, 6.45) is 3.54. The molecule has 0 radical (unpaired) electrons. The van der Waals surface area contributed by atoms with E-state index in [0.717, 1.165) is 0 Å². The zero-order valence-corrected chi connectivity index (χ0v) is 12.8. The third-order valence-corrected chi connectivity index (χ3v) is 3.78. The Morgan fingerprint density at radius 1 is 1.41 bits per heavy atom. The van der Waals surface area contributed by atoms with Gasteiger partial charge in [-0.1, -0.05) is 12.2 Å². The Labute approximate surface area is 129 Å². The van der Waals surface area contributed by atoms with Crippen molar-refractivity contribution >= 4 is 11.9 Å². The van der Waals surface area contributed by atoms with Crippen LogP contribution in [0.25, 0.3) is 0 Å². The Kier molecular flexibility index (Phi) is 6.27. The van der Waals surface area contributed by atoms with Crippen molar-refractivity contribution in [2.24, 2.45) is 0 Å². The molecule has 22 heavy (non-hydrogen) atoms. The highest BCUT2D eigenvalue weighted by Gasteiger charge is 2.53. The van der Waals surface area contributed by atoms with Crippen LogP contribution < -0.4 is 0 Å². The van der Waals surface area contributed by atoms with E-state index in [9.17, 15) is 19.7 Å². The molecule has 1 fully saturated rings. The molecule has 1 atom stereocenters. The van der Waals surface area contributed by atoms with Gasteiger partial charge in [0, 0.05) is 24.3 Å². The number of esters is 1. The van der Waals surface area contributed by atoms with E-state index in [1.54, 1.807) is 6.92 Å². The van der Waals surface area contributed by atoms with Gasteiger partial charge in [-0.25, -0.2) is 4.79 Å². The van der Waals surface area contributed by atoms with E-state index in [1.807, 2.05) is 0 Å². The molecular formula is C15H22N2O5. The molecule has 1 aliphatic heterocycles. The largest absolute Gasteiger partial charge is 0.464 e. The van der Waals surface area contributed by atoms with Crippen LogP contribution >= 0.6 is 0 Å². The van der Waals surface area contributed by atoms with Crippen LogP contribution in [0.1, 0.15) is 32.6 Å². The van der Waals surface area contributed by atoms with Crippen molar-refractivity contribution in [3.63, 3.8) is 0 Å². The van der Waals surface area contributed by atoms with Gasteiger partial charge < -0.3 is 9.64 Å². The van der Waals surface area contributed by atoms with Gasteiger partial charge in [0.2, 0.25) is 0 Å². The van der Waals surface area contributed by atoms with E-state index in [1.165, 1.54) is 17.1 Å². The lowest BCUT2D eigenvalue weighted by molar-refractivity contribution is -0.552. The first-order chi connectivity index (χ1) is 10.4. The van der Waals surface area contributed by atoms with Crippen LogP contribution in [0.5, 0.6) is 0 Å². The van der Waals surface area contributed by atoms with Crippen LogP contribution in [0.4, 0.5) is 0 Å². The maximum Gasteiger partial charge on any atom is 0.328 e. The standard InChI is InChI=1S/C15H22N2O5/c1-4-9-15(10-5-2,17(20)21)14(19)16-11-7-8-12(16)13(18)22-6-3/h4-5,12H,1-2,6-11H2,3H3/t12-/m0/s1. The van der Waals surface area contributed by atoms with Crippen molar-refractivity contribution in [2.75, 3.05) is 13.2 Å². The number of carbonyl (C=O) groups is 2. The van der Waals surface area contributed by atoms with E-state index in [2.05, 4.69) is 13.2 Å². The van der Waals surface area contributed by atoms with Crippen LogP contribution in [0.3, 0.4) is 0 Å². The maximum absolute atomic E-state index is 12.8. The fourth-order valence-electron chi connectivity index (χ4n) is 2.72. The number of amides is 1. The predicted molar refractivity (Wildman–Crippen MR) is 80.7 cm³/mol. The highest BCUT2D eigenvalue weighted by atomic mass is 16.6. The first kappa shape index (κ1) is 17.9. The second-order valence-corrected chi connectivity index (χ2v) is 5.18. The first-order valence-electron chi connectivity index (χ1n) is 7.28. The summed E-state index contributed by atoms with van der Waals surface area (Å²) >= 11 is 0. The number of nitrogens with zero attached hydrogens (tertiary/aromatic N) is 2. The molecule has 0 aromatic rings. The highest BCUT2D eigenvalue weighted by molar-refractivity contribution is 5.90. The van der Waals surface area contributed by atoms with Gasteiger partial charge in [-0.2, -0.15) is 0 Å². The SMILES string of the molecule is C=CCC(CC=C)(C(=O)N1CCC[C@H]1C(=O)OCC)[N+](=O)[O-]. The Morgan fingerprint density at radius 2 is 2.00 bits per heavy atom.